The number of ketones is 3. The molecule has 0 rings (SSSR count). The van der Waals surface area contributed by atoms with Crippen molar-refractivity contribution in [2.75, 3.05) is 0 Å². The SMILES string of the molecule is CC(=O)C(C(C)=O)C(C)=O.O.O.O.O.[Ti]. The zero-order valence-electron chi connectivity index (χ0n) is 8.80. The van der Waals surface area contributed by atoms with Crippen LogP contribution in [0.5, 0.6) is 0 Å². The number of hydrogen-bond acceptors (Lipinski definition) is 3. The van der Waals surface area contributed by atoms with Crippen molar-refractivity contribution in [3.63, 3.8) is 0 Å². The van der Waals surface area contributed by atoms with Crippen LogP contribution in [0.15, 0.2) is 0 Å². The van der Waals surface area contributed by atoms with Gasteiger partial charge >= 0.3 is 0 Å². The van der Waals surface area contributed by atoms with E-state index in [0.717, 1.165) is 0 Å². The Balaban J connectivity index is -0.0000000405. The zero-order chi connectivity index (χ0) is 8.31. The van der Waals surface area contributed by atoms with Crippen molar-refractivity contribution in [2.24, 2.45) is 5.92 Å². The van der Waals surface area contributed by atoms with Crippen molar-refractivity contribution in [2.45, 2.75) is 20.8 Å². The minimum absolute atomic E-state index is 0. The molecule has 0 atom stereocenters. The molecule has 0 saturated carbocycles. The molecule has 0 amide bonds. The van der Waals surface area contributed by atoms with E-state index < -0.39 is 5.92 Å². The fourth-order valence-corrected chi connectivity index (χ4v) is 0.859. The van der Waals surface area contributed by atoms with Crippen molar-refractivity contribution in [3.8, 4) is 0 Å². The van der Waals surface area contributed by atoms with E-state index in [9.17, 15) is 14.4 Å². The Kier molecular flexibility index (Phi) is 39.0. The van der Waals surface area contributed by atoms with Gasteiger partial charge < -0.3 is 21.9 Å². The van der Waals surface area contributed by atoms with Gasteiger partial charge in [0.1, 0.15) is 23.3 Å². The Morgan fingerprint density at radius 1 is 0.667 bits per heavy atom. The average molecular weight is 262 g/mol. The van der Waals surface area contributed by atoms with Gasteiger partial charge in [0.15, 0.2) is 0 Å². The largest absolute Gasteiger partial charge is 0.412 e. The summed E-state index contributed by atoms with van der Waals surface area (Å²) >= 11 is 0. The van der Waals surface area contributed by atoms with Crippen molar-refractivity contribution in [3.05, 3.63) is 0 Å². The molecule has 0 aliphatic carbocycles. The Morgan fingerprint density at radius 3 is 0.800 bits per heavy atom. The van der Waals surface area contributed by atoms with Gasteiger partial charge in [-0.2, -0.15) is 0 Å². The summed E-state index contributed by atoms with van der Waals surface area (Å²) in [4.78, 5) is 31.8. The maximum atomic E-state index is 10.6. The molecule has 0 heterocycles. The predicted octanol–water partition coefficient (Wildman–Crippen LogP) is -2.93. The summed E-state index contributed by atoms with van der Waals surface area (Å²) in [5.41, 5.74) is 0. The van der Waals surface area contributed by atoms with Crippen molar-refractivity contribution in [1.82, 2.24) is 0 Å². The summed E-state index contributed by atoms with van der Waals surface area (Å²) in [6.07, 6.45) is 0. The molecule has 0 aromatic heterocycles. The molecule has 0 unspecified atom stereocenters. The van der Waals surface area contributed by atoms with Gasteiger partial charge in [0.05, 0.1) is 0 Å². The van der Waals surface area contributed by atoms with Crippen LogP contribution in [0.4, 0.5) is 0 Å². The molecule has 0 aromatic carbocycles. The van der Waals surface area contributed by atoms with Crippen LogP contribution in [-0.2, 0) is 36.1 Å². The minimum Gasteiger partial charge on any atom is -0.412 e. The first-order valence-corrected chi connectivity index (χ1v) is 2.98. The van der Waals surface area contributed by atoms with Crippen LogP contribution in [0.3, 0.4) is 0 Å². The van der Waals surface area contributed by atoms with Crippen LogP contribution in [0.1, 0.15) is 20.8 Å². The third-order valence-electron chi connectivity index (χ3n) is 1.22. The van der Waals surface area contributed by atoms with Crippen LogP contribution in [0, 0.1) is 5.92 Å². The molecule has 0 saturated heterocycles. The maximum absolute atomic E-state index is 10.6. The van der Waals surface area contributed by atoms with E-state index in [-0.39, 0.29) is 61.0 Å². The quantitative estimate of drug-likeness (QED) is 0.391. The van der Waals surface area contributed by atoms with E-state index in [1.807, 2.05) is 0 Å². The molecule has 0 aliphatic rings. The van der Waals surface area contributed by atoms with Gasteiger partial charge in [0.2, 0.25) is 0 Å². The Hall–Kier alpha value is -0.436. The third-order valence-corrected chi connectivity index (χ3v) is 1.22. The smallest absolute Gasteiger partial charge is 0.147 e. The predicted molar refractivity (Wildman–Crippen MR) is 50.0 cm³/mol. The van der Waals surface area contributed by atoms with E-state index >= 15 is 0 Å². The Bertz CT molecular complexity index is 158. The van der Waals surface area contributed by atoms with Gasteiger partial charge in [0, 0.05) is 21.7 Å². The second-order valence-electron chi connectivity index (χ2n) is 2.26. The van der Waals surface area contributed by atoms with E-state index in [1.165, 1.54) is 20.8 Å². The molecule has 0 spiro atoms. The maximum Gasteiger partial charge on any atom is 0.147 e. The van der Waals surface area contributed by atoms with E-state index in [4.69, 9.17) is 0 Å². The molecule has 8 N–H and O–H groups in total. The van der Waals surface area contributed by atoms with Gasteiger partial charge in [-0.3, -0.25) is 14.4 Å². The fourth-order valence-electron chi connectivity index (χ4n) is 0.859. The molecule has 7 nitrogen and oxygen atoms in total. The number of carbonyl (C=O) groups excluding carboxylic acids is 3. The molecule has 0 radical (unpaired) electrons. The first-order chi connectivity index (χ1) is 4.46. The van der Waals surface area contributed by atoms with Gasteiger partial charge in [-0.05, 0) is 20.8 Å². The standard InChI is InChI=1S/C7H10O3.4H2O.Ti/c1-4(8)7(5(2)9)6(3)10;;;;;/h7H,1-3H3;4*1H2;. The number of carbonyl (C=O) groups is 3. The molecule has 0 aromatic rings. The molecular formula is C7H18O7Ti. The van der Waals surface area contributed by atoms with Gasteiger partial charge in [-0.25, -0.2) is 0 Å². The summed E-state index contributed by atoms with van der Waals surface area (Å²) in [5, 5.41) is 0. The van der Waals surface area contributed by atoms with Gasteiger partial charge in [-0.15, -0.1) is 0 Å². The van der Waals surface area contributed by atoms with Gasteiger partial charge in [0.25, 0.3) is 0 Å². The summed E-state index contributed by atoms with van der Waals surface area (Å²) in [5.74, 6) is -2.15. The van der Waals surface area contributed by atoms with E-state index in [2.05, 4.69) is 0 Å². The number of rotatable bonds is 3. The Labute approximate surface area is 102 Å². The molecule has 0 aliphatic heterocycles. The van der Waals surface area contributed by atoms with Crippen molar-refractivity contribution < 1.29 is 58.0 Å². The monoisotopic (exact) mass is 262 g/mol. The number of Topliss-reactive ketones (excluding diaryl/α,β-unsaturated/α-hetero) is 3. The van der Waals surface area contributed by atoms with E-state index in [0.29, 0.717) is 0 Å². The molecule has 0 bridgehead atoms. The van der Waals surface area contributed by atoms with Gasteiger partial charge in [-0.1, -0.05) is 0 Å². The molecule has 92 valence electrons. The molecule has 8 heteroatoms. The molecular weight excluding hydrogens is 244 g/mol. The average Bonchev–Trinajstić information content (AvgIpc) is 1.59. The van der Waals surface area contributed by atoms with Crippen LogP contribution < -0.4 is 0 Å². The summed E-state index contributed by atoms with van der Waals surface area (Å²) < 4.78 is 0. The van der Waals surface area contributed by atoms with Crippen LogP contribution in [-0.4, -0.2) is 39.3 Å². The first kappa shape index (κ1) is 36.5. The van der Waals surface area contributed by atoms with Crippen LogP contribution in [0.25, 0.3) is 0 Å². The van der Waals surface area contributed by atoms with Crippen molar-refractivity contribution >= 4 is 17.3 Å². The first-order valence-electron chi connectivity index (χ1n) is 2.98. The second kappa shape index (κ2) is 16.0. The third kappa shape index (κ3) is 13.6. The normalized spacial score (nSPS) is 6.40. The number of hydrogen-bond donors (Lipinski definition) is 0. The summed E-state index contributed by atoms with van der Waals surface area (Å²) in [6, 6.07) is 0. The molecule has 0 fully saturated rings. The van der Waals surface area contributed by atoms with Crippen molar-refractivity contribution in [1.29, 1.82) is 0 Å². The minimum atomic E-state index is -1.03. The van der Waals surface area contributed by atoms with E-state index in [1.54, 1.807) is 0 Å². The topological polar surface area (TPSA) is 177 Å². The second-order valence-corrected chi connectivity index (χ2v) is 2.26. The summed E-state index contributed by atoms with van der Waals surface area (Å²) in [6.45, 7) is 3.73. The van der Waals surface area contributed by atoms with Crippen LogP contribution >= 0.6 is 0 Å². The van der Waals surface area contributed by atoms with Crippen LogP contribution in [0.2, 0.25) is 0 Å². The summed E-state index contributed by atoms with van der Waals surface area (Å²) in [7, 11) is 0. The molecule has 15 heavy (non-hydrogen) atoms. The Morgan fingerprint density at radius 2 is 0.800 bits per heavy atom. The zero-order valence-corrected chi connectivity index (χ0v) is 10.4. The fraction of sp³-hybridized carbons (Fsp3) is 0.571.